The number of nitriles is 1. The molecule has 7 heteroatoms. The van der Waals surface area contributed by atoms with Crippen molar-refractivity contribution < 1.29 is 0 Å². The first-order valence-corrected chi connectivity index (χ1v) is 7.59. The zero-order chi connectivity index (χ0) is 16.0. The van der Waals surface area contributed by atoms with Gasteiger partial charge < -0.3 is 14.5 Å². The molecule has 0 fully saturated rings. The van der Waals surface area contributed by atoms with E-state index in [0.29, 0.717) is 5.69 Å². The van der Waals surface area contributed by atoms with Gasteiger partial charge in [-0.15, -0.1) is 0 Å². The zero-order valence-corrected chi connectivity index (χ0v) is 13.1. The molecule has 4 rings (SSSR count). The largest absolute Gasteiger partial charge is 0.353 e. The Hall–Kier alpha value is -2.88. The van der Waals surface area contributed by atoms with Crippen molar-refractivity contribution in [1.82, 2.24) is 24.5 Å². The molecule has 116 valence electrons. The fourth-order valence-corrected chi connectivity index (χ4v) is 3.30. The molecule has 0 aromatic carbocycles. The molecule has 0 radical (unpaired) electrons. The molecule has 4 heterocycles. The number of H-pyrrole nitrogens is 1. The Morgan fingerprint density at radius 2 is 2.30 bits per heavy atom. The molecule has 3 aromatic rings. The van der Waals surface area contributed by atoms with E-state index in [4.69, 9.17) is 5.26 Å². The number of anilines is 1. The first-order valence-electron chi connectivity index (χ1n) is 7.59. The summed E-state index contributed by atoms with van der Waals surface area (Å²) < 4.78 is 2.08. The van der Waals surface area contributed by atoms with E-state index in [1.807, 2.05) is 18.5 Å². The highest BCUT2D eigenvalue weighted by molar-refractivity contribution is 5.87. The molecule has 1 N–H and O–H groups in total. The third-order valence-electron chi connectivity index (χ3n) is 4.86. The number of fused-ring (bicyclic) bond motifs is 2. The van der Waals surface area contributed by atoms with Crippen molar-refractivity contribution in [3.63, 3.8) is 0 Å². The predicted octanol–water partition coefficient (Wildman–Crippen LogP) is 1.87. The molecule has 0 spiro atoms. The SMILES string of the molecule is CN(c1ncnc2[nH]ccc12)C1(C)CCn2cc(C#N)nc2C1. The minimum absolute atomic E-state index is 0.105. The summed E-state index contributed by atoms with van der Waals surface area (Å²) in [7, 11) is 2.07. The summed E-state index contributed by atoms with van der Waals surface area (Å²) in [5.41, 5.74) is 1.23. The number of aromatic nitrogens is 5. The fourth-order valence-electron chi connectivity index (χ4n) is 3.30. The van der Waals surface area contributed by atoms with Gasteiger partial charge in [0.1, 0.15) is 29.7 Å². The molecule has 0 aliphatic carbocycles. The lowest BCUT2D eigenvalue weighted by Gasteiger charge is -2.42. The molecule has 1 aliphatic heterocycles. The van der Waals surface area contributed by atoms with Crippen LogP contribution in [0.3, 0.4) is 0 Å². The van der Waals surface area contributed by atoms with Gasteiger partial charge >= 0.3 is 0 Å². The van der Waals surface area contributed by atoms with Crippen LogP contribution in [0.1, 0.15) is 24.9 Å². The van der Waals surface area contributed by atoms with Gasteiger partial charge in [-0.3, -0.25) is 0 Å². The molecule has 3 aromatic heterocycles. The fraction of sp³-hybridized carbons (Fsp3) is 0.375. The number of rotatable bonds is 2. The first-order chi connectivity index (χ1) is 11.1. The summed E-state index contributed by atoms with van der Waals surface area (Å²) in [5.74, 6) is 1.88. The van der Waals surface area contributed by atoms with Crippen molar-refractivity contribution >= 4 is 16.9 Å². The number of aromatic amines is 1. The first kappa shape index (κ1) is 13.8. The van der Waals surface area contributed by atoms with Crippen molar-refractivity contribution in [3.05, 3.63) is 36.3 Å². The van der Waals surface area contributed by atoms with Crippen LogP contribution < -0.4 is 4.90 Å². The molecule has 1 aliphatic rings. The number of imidazole rings is 1. The number of hydrogen-bond donors (Lipinski definition) is 1. The Kier molecular flexibility index (Phi) is 2.88. The van der Waals surface area contributed by atoms with Crippen LogP contribution in [-0.2, 0) is 13.0 Å². The smallest absolute Gasteiger partial charge is 0.158 e. The van der Waals surface area contributed by atoms with Crippen LogP contribution >= 0.6 is 0 Å². The lowest BCUT2D eigenvalue weighted by atomic mass is 9.88. The van der Waals surface area contributed by atoms with Crippen LogP contribution in [-0.4, -0.2) is 37.1 Å². The summed E-state index contributed by atoms with van der Waals surface area (Å²) in [4.78, 5) is 18.5. The molecular weight excluding hydrogens is 290 g/mol. The maximum Gasteiger partial charge on any atom is 0.158 e. The number of hydrogen-bond acceptors (Lipinski definition) is 5. The van der Waals surface area contributed by atoms with E-state index in [0.717, 1.165) is 42.1 Å². The maximum absolute atomic E-state index is 9.04. The molecular formula is C16H17N7. The van der Waals surface area contributed by atoms with E-state index in [1.165, 1.54) is 0 Å². The number of likely N-dealkylation sites (N-methyl/N-ethyl adjacent to an activating group) is 1. The summed E-state index contributed by atoms with van der Waals surface area (Å²) in [5, 5.41) is 10.1. The van der Waals surface area contributed by atoms with E-state index in [-0.39, 0.29) is 5.54 Å². The lowest BCUT2D eigenvalue weighted by Crippen LogP contribution is -2.49. The molecule has 0 saturated heterocycles. The van der Waals surface area contributed by atoms with Crippen molar-refractivity contribution in [2.75, 3.05) is 11.9 Å². The van der Waals surface area contributed by atoms with Gasteiger partial charge in [0, 0.05) is 37.9 Å². The van der Waals surface area contributed by atoms with E-state index < -0.39 is 0 Å². The Balaban J connectivity index is 1.72. The van der Waals surface area contributed by atoms with Crippen LogP contribution in [0.5, 0.6) is 0 Å². The maximum atomic E-state index is 9.04. The minimum Gasteiger partial charge on any atom is -0.353 e. The number of aryl methyl sites for hydroxylation is 1. The van der Waals surface area contributed by atoms with Crippen LogP contribution in [0.2, 0.25) is 0 Å². The van der Waals surface area contributed by atoms with Gasteiger partial charge in [0.25, 0.3) is 0 Å². The molecule has 0 bridgehead atoms. The molecule has 0 saturated carbocycles. The second-order valence-corrected chi connectivity index (χ2v) is 6.27. The highest BCUT2D eigenvalue weighted by atomic mass is 15.3. The zero-order valence-electron chi connectivity index (χ0n) is 13.1. The third kappa shape index (κ3) is 2.06. The number of nitrogens with one attached hydrogen (secondary N) is 1. The topological polar surface area (TPSA) is 86.4 Å². The Morgan fingerprint density at radius 1 is 1.43 bits per heavy atom. The quantitative estimate of drug-likeness (QED) is 0.781. The third-order valence-corrected chi connectivity index (χ3v) is 4.86. The minimum atomic E-state index is -0.105. The van der Waals surface area contributed by atoms with Gasteiger partial charge in [0.2, 0.25) is 0 Å². The molecule has 7 nitrogen and oxygen atoms in total. The summed E-state index contributed by atoms with van der Waals surface area (Å²) in [6.45, 7) is 3.07. The second-order valence-electron chi connectivity index (χ2n) is 6.27. The highest BCUT2D eigenvalue weighted by Gasteiger charge is 2.36. The van der Waals surface area contributed by atoms with Crippen molar-refractivity contribution in [3.8, 4) is 6.07 Å². The molecule has 0 amide bonds. The van der Waals surface area contributed by atoms with Crippen molar-refractivity contribution in [2.24, 2.45) is 0 Å². The molecule has 23 heavy (non-hydrogen) atoms. The van der Waals surface area contributed by atoms with Crippen LogP contribution in [0.25, 0.3) is 11.0 Å². The van der Waals surface area contributed by atoms with Crippen LogP contribution in [0, 0.1) is 11.3 Å². The van der Waals surface area contributed by atoms with E-state index >= 15 is 0 Å². The van der Waals surface area contributed by atoms with Gasteiger partial charge in [-0.05, 0) is 19.4 Å². The predicted molar refractivity (Wildman–Crippen MR) is 86.0 cm³/mol. The Labute approximate surface area is 133 Å². The Bertz CT molecular complexity index is 916. The standard InChI is InChI=1S/C16H17N7/c1-16(4-6-23-9-11(8-17)21-13(23)7-16)22(2)15-12-3-5-18-14(12)19-10-20-15/h3,5,9-10H,4,6-7H2,1-2H3,(H,18,19,20). The summed E-state index contributed by atoms with van der Waals surface area (Å²) in [6, 6.07) is 4.12. The number of nitrogens with zero attached hydrogens (tertiary/aromatic N) is 6. The van der Waals surface area contributed by atoms with Gasteiger partial charge in [0.15, 0.2) is 5.69 Å². The van der Waals surface area contributed by atoms with E-state index in [2.05, 4.69) is 49.4 Å². The van der Waals surface area contributed by atoms with Gasteiger partial charge in [-0.25, -0.2) is 15.0 Å². The van der Waals surface area contributed by atoms with Crippen LogP contribution in [0.15, 0.2) is 24.8 Å². The van der Waals surface area contributed by atoms with Gasteiger partial charge in [-0.1, -0.05) is 0 Å². The lowest BCUT2D eigenvalue weighted by molar-refractivity contribution is 0.330. The summed E-state index contributed by atoms with van der Waals surface area (Å²) in [6.07, 6.45) is 7.05. The van der Waals surface area contributed by atoms with Crippen molar-refractivity contribution in [1.29, 1.82) is 5.26 Å². The highest BCUT2D eigenvalue weighted by Crippen LogP contribution is 2.34. The average molecular weight is 307 g/mol. The van der Waals surface area contributed by atoms with Crippen molar-refractivity contribution in [2.45, 2.75) is 31.8 Å². The molecule has 1 unspecified atom stereocenters. The van der Waals surface area contributed by atoms with Gasteiger partial charge in [0.05, 0.1) is 5.39 Å². The monoisotopic (exact) mass is 307 g/mol. The van der Waals surface area contributed by atoms with Crippen LogP contribution in [0.4, 0.5) is 5.82 Å². The van der Waals surface area contributed by atoms with E-state index in [9.17, 15) is 0 Å². The van der Waals surface area contributed by atoms with E-state index in [1.54, 1.807) is 6.33 Å². The Morgan fingerprint density at radius 3 is 3.13 bits per heavy atom. The molecule has 1 atom stereocenters. The second kappa shape index (κ2) is 4.81. The normalized spacial score (nSPS) is 20.2. The average Bonchev–Trinajstić information content (AvgIpc) is 3.19. The summed E-state index contributed by atoms with van der Waals surface area (Å²) >= 11 is 0. The van der Waals surface area contributed by atoms with Gasteiger partial charge in [-0.2, -0.15) is 5.26 Å².